The molecule has 0 radical (unpaired) electrons. The highest BCUT2D eigenvalue weighted by molar-refractivity contribution is 5.80. The average molecular weight is 266 g/mol. The maximum absolute atomic E-state index is 10.5. The van der Waals surface area contributed by atoms with Gasteiger partial charge in [0.25, 0.3) is 5.69 Å². The van der Waals surface area contributed by atoms with Crippen molar-refractivity contribution in [3.05, 3.63) is 75.8 Å². The van der Waals surface area contributed by atoms with Crippen LogP contribution < -0.4 is 0 Å². The Bertz CT molecular complexity index is 641. The molecule has 20 heavy (non-hydrogen) atoms. The normalized spacial score (nSPS) is 11.2. The Kier molecular flexibility index (Phi) is 4.39. The summed E-state index contributed by atoms with van der Waals surface area (Å²) in [7, 11) is 0. The SMILES string of the molecule is Cc1ccc(N=C/C=C\c2ccc([N+](=O)[O-])cc2)cc1. The topological polar surface area (TPSA) is 55.5 Å². The lowest BCUT2D eigenvalue weighted by molar-refractivity contribution is -0.384. The zero-order valence-corrected chi connectivity index (χ0v) is 11.1. The quantitative estimate of drug-likeness (QED) is 0.470. The van der Waals surface area contributed by atoms with Gasteiger partial charge in [0.1, 0.15) is 0 Å². The van der Waals surface area contributed by atoms with Crippen molar-refractivity contribution in [3.8, 4) is 0 Å². The third-order valence-electron chi connectivity index (χ3n) is 2.74. The molecule has 4 heteroatoms. The third kappa shape index (κ3) is 3.88. The molecule has 0 saturated heterocycles. The standard InChI is InChI=1S/C16H14N2O2/c1-13-4-8-15(9-5-13)17-12-2-3-14-6-10-16(11-7-14)18(19)20/h2-12H,1H3/b3-2-,17-12?. The Labute approximate surface area is 117 Å². The number of nitrogens with zero attached hydrogens (tertiary/aromatic N) is 2. The van der Waals surface area contributed by atoms with Crippen molar-refractivity contribution >= 4 is 23.7 Å². The summed E-state index contributed by atoms with van der Waals surface area (Å²) in [6.45, 7) is 2.03. The second kappa shape index (κ2) is 6.43. The van der Waals surface area contributed by atoms with E-state index in [1.54, 1.807) is 24.4 Å². The summed E-state index contributed by atoms with van der Waals surface area (Å²) in [5.41, 5.74) is 3.08. The molecule has 0 aromatic heterocycles. The van der Waals surface area contributed by atoms with Crippen molar-refractivity contribution in [1.82, 2.24) is 0 Å². The van der Waals surface area contributed by atoms with E-state index in [2.05, 4.69) is 4.99 Å². The second-order valence-corrected chi connectivity index (χ2v) is 4.32. The molecule has 2 aromatic carbocycles. The van der Waals surface area contributed by atoms with Crippen molar-refractivity contribution < 1.29 is 4.92 Å². The Balaban J connectivity index is 1.99. The lowest BCUT2D eigenvalue weighted by atomic mass is 10.2. The van der Waals surface area contributed by atoms with Gasteiger partial charge < -0.3 is 0 Å². The Hall–Kier alpha value is -2.75. The van der Waals surface area contributed by atoms with Gasteiger partial charge in [0.05, 0.1) is 10.6 Å². The van der Waals surface area contributed by atoms with E-state index in [9.17, 15) is 10.1 Å². The minimum Gasteiger partial charge on any atom is -0.258 e. The minimum absolute atomic E-state index is 0.0930. The van der Waals surface area contributed by atoms with Gasteiger partial charge in [0, 0.05) is 18.3 Å². The van der Waals surface area contributed by atoms with E-state index >= 15 is 0 Å². The summed E-state index contributed by atoms with van der Waals surface area (Å²) in [6.07, 6.45) is 5.36. The van der Waals surface area contributed by atoms with Gasteiger partial charge in [-0.25, -0.2) is 0 Å². The van der Waals surface area contributed by atoms with Crippen molar-refractivity contribution in [1.29, 1.82) is 0 Å². The van der Waals surface area contributed by atoms with Crippen LogP contribution in [0.1, 0.15) is 11.1 Å². The maximum Gasteiger partial charge on any atom is 0.269 e. The number of rotatable bonds is 4. The summed E-state index contributed by atoms with van der Waals surface area (Å²) in [5.74, 6) is 0. The van der Waals surface area contributed by atoms with Gasteiger partial charge in [-0.2, -0.15) is 0 Å². The first kappa shape index (κ1) is 13.7. The third-order valence-corrected chi connectivity index (χ3v) is 2.74. The lowest BCUT2D eigenvalue weighted by Gasteiger charge is -1.94. The number of allylic oxidation sites excluding steroid dienone is 1. The molecule has 2 rings (SSSR count). The van der Waals surface area contributed by atoms with Crippen LogP contribution >= 0.6 is 0 Å². The van der Waals surface area contributed by atoms with Crippen LogP contribution in [-0.4, -0.2) is 11.1 Å². The summed E-state index contributed by atoms with van der Waals surface area (Å²) >= 11 is 0. The molecule has 0 N–H and O–H groups in total. The first-order valence-electron chi connectivity index (χ1n) is 6.17. The fourth-order valence-corrected chi connectivity index (χ4v) is 1.62. The van der Waals surface area contributed by atoms with Gasteiger partial charge in [-0.05, 0) is 42.8 Å². The molecule has 0 heterocycles. The molecule has 0 bridgehead atoms. The highest BCUT2D eigenvalue weighted by Gasteiger charge is 2.01. The number of nitro groups is 1. The molecule has 0 spiro atoms. The second-order valence-electron chi connectivity index (χ2n) is 4.32. The number of benzene rings is 2. The van der Waals surface area contributed by atoms with Gasteiger partial charge in [-0.15, -0.1) is 0 Å². The molecule has 0 aliphatic carbocycles. The molecule has 0 atom stereocenters. The van der Waals surface area contributed by atoms with Crippen molar-refractivity contribution in [2.45, 2.75) is 6.92 Å². The fraction of sp³-hybridized carbons (Fsp3) is 0.0625. The van der Waals surface area contributed by atoms with E-state index in [0.717, 1.165) is 11.3 Å². The first-order chi connectivity index (χ1) is 9.65. The monoisotopic (exact) mass is 266 g/mol. The van der Waals surface area contributed by atoms with E-state index in [1.165, 1.54) is 17.7 Å². The molecule has 0 unspecified atom stereocenters. The zero-order chi connectivity index (χ0) is 14.4. The molecule has 2 aromatic rings. The van der Waals surface area contributed by atoms with Crippen LogP contribution in [0.25, 0.3) is 6.08 Å². The van der Waals surface area contributed by atoms with Gasteiger partial charge in [-0.1, -0.05) is 23.8 Å². The van der Waals surface area contributed by atoms with Gasteiger partial charge in [0.15, 0.2) is 0 Å². The Morgan fingerprint density at radius 1 is 1.05 bits per heavy atom. The molecular weight excluding hydrogens is 252 g/mol. The van der Waals surface area contributed by atoms with Crippen LogP contribution in [-0.2, 0) is 0 Å². The minimum atomic E-state index is -0.410. The maximum atomic E-state index is 10.5. The van der Waals surface area contributed by atoms with Crippen LogP contribution in [0.2, 0.25) is 0 Å². The van der Waals surface area contributed by atoms with Crippen molar-refractivity contribution in [2.75, 3.05) is 0 Å². The van der Waals surface area contributed by atoms with E-state index in [0.29, 0.717) is 0 Å². The molecule has 4 nitrogen and oxygen atoms in total. The summed E-state index contributed by atoms with van der Waals surface area (Å²) in [4.78, 5) is 14.4. The molecule has 100 valence electrons. The number of hydrogen-bond donors (Lipinski definition) is 0. The van der Waals surface area contributed by atoms with Crippen molar-refractivity contribution in [2.24, 2.45) is 4.99 Å². The molecule has 0 saturated carbocycles. The predicted molar refractivity (Wildman–Crippen MR) is 81.5 cm³/mol. The van der Waals surface area contributed by atoms with Crippen LogP contribution in [0.3, 0.4) is 0 Å². The highest BCUT2D eigenvalue weighted by atomic mass is 16.6. The molecule has 0 aliphatic rings. The summed E-state index contributed by atoms with van der Waals surface area (Å²) < 4.78 is 0. The van der Waals surface area contributed by atoms with E-state index in [4.69, 9.17) is 0 Å². The van der Waals surface area contributed by atoms with Gasteiger partial charge >= 0.3 is 0 Å². The van der Waals surface area contributed by atoms with Crippen molar-refractivity contribution in [3.63, 3.8) is 0 Å². The van der Waals surface area contributed by atoms with Crippen LogP contribution in [0.4, 0.5) is 11.4 Å². The van der Waals surface area contributed by atoms with Gasteiger partial charge in [0.2, 0.25) is 0 Å². The molecule has 0 aliphatic heterocycles. The summed E-state index contributed by atoms with van der Waals surface area (Å²) in [6, 6.07) is 14.3. The van der Waals surface area contributed by atoms with E-state index in [1.807, 2.05) is 37.3 Å². The number of hydrogen-bond acceptors (Lipinski definition) is 3. The predicted octanol–water partition coefficient (Wildman–Crippen LogP) is 4.32. The van der Waals surface area contributed by atoms with Crippen LogP contribution in [0.5, 0.6) is 0 Å². The zero-order valence-electron chi connectivity index (χ0n) is 11.1. The van der Waals surface area contributed by atoms with E-state index < -0.39 is 4.92 Å². The van der Waals surface area contributed by atoms with Gasteiger partial charge in [-0.3, -0.25) is 15.1 Å². The summed E-state index contributed by atoms with van der Waals surface area (Å²) in [5, 5.41) is 10.5. The Morgan fingerprint density at radius 3 is 2.30 bits per heavy atom. The number of aryl methyl sites for hydroxylation is 1. The largest absolute Gasteiger partial charge is 0.269 e. The molecular formula is C16H14N2O2. The Morgan fingerprint density at radius 2 is 1.70 bits per heavy atom. The number of aliphatic imine (C=N–C) groups is 1. The number of non-ortho nitro benzene ring substituents is 1. The smallest absolute Gasteiger partial charge is 0.258 e. The number of nitro benzene ring substituents is 1. The lowest BCUT2D eigenvalue weighted by Crippen LogP contribution is -1.86. The average Bonchev–Trinajstić information content (AvgIpc) is 2.46. The fourth-order valence-electron chi connectivity index (χ4n) is 1.62. The highest BCUT2D eigenvalue weighted by Crippen LogP contribution is 2.13. The first-order valence-corrected chi connectivity index (χ1v) is 6.17. The van der Waals surface area contributed by atoms with Crippen LogP contribution in [0, 0.1) is 17.0 Å². The molecule has 0 fully saturated rings. The van der Waals surface area contributed by atoms with Crippen LogP contribution in [0.15, 0.2) is 59.6 Å². The molecule has 0 amide bonds. The van der Waals surface area contributed by atoms with E-state index in [-0.39, 0.29) is 5.69 Å².